The molecule has 1 aliphatic rings. The van der Waals surface area contributed by atoms with Crippen LogP contribution in [0.2, 0.25) is 5.02 Å². The van der Waals surface area contributed by atoms with Crippen molar-refractivity contribution >= 4 is 40.5 Å². The first-order valence-corrected chi connectivity index (χ1v) is 7.27. The fourth-order valence-electron chi connectivity index (χ4n) is 1.92. The van der Waals surface area contributed by atoms with Crippen molar-refractivity contribution < 1.29 is 14.3 Å². The highest BCUT2D eigenvalue weighted by Gasteiger charge is 2.29. The number of carbonyl (C=O) groups excluding carboxylic acids is 1. The van der Waals surface area contributed by atoms with Gasteiger partial charge in [0.05, 0.1) is 24.1 Å². The minimum atomic E-state index is -0.0912. The lowest BCUT2D eigenvalue weighted by Crippen LogP contribution is -2.23. The third-order valence-corrected chi connectivity index (χ3v) is 4.38. The highest BCUT2D eigenvalue weighted by molar-refractivity contribution is 8.18. The number of rotatable bonds is 3. The Hall–Kier alpha value is -1.66. The van der Waals surface area contributed by atoms with Gasteiger partial charge >= 0.3 is 0 Å². The molecular weight excluding hydrogens is 312 g/mol. The molecule has 0 aliphatic carbocycles. The number of thioether (sulfide) groups is 1. The fraction of sp³-hybridized carbons (Fsp3) is 0.286. The Morgan fingerprint density at radius 1 is 1.33 bits per heavy atom. The van der Waals surface area contributed by atoms with Crippen LogP contribution in [0, 0.1) is 0 Å². The van der Waals surface area contributed by atoms with Crippen molar-refractivity contribution in [3.8, 4) is 11.5 Å². The van der Waals surface area contributed by atoms with Crippen molar-refractivity contribution in [3.63, 3.8) is 0 Å². The lowest BCUT2D eigenvalue weighted by atomic mass is 10.2. The van der Waals surface area contributed by atoms with Gasteiger partial charge in [-0.1, -0.05) is 11.6 Å². The van der Waals surface area contributed by atoms with Gasteiger partial charge in [-0.3, -0.25) is 14.7 Å². The predicted molar refractivity (Wildman–Crippen MR) is 86.3 cm³/mol. The summed E-state index contributed by atoms with van der Waals surface area (Å²) < 4.78 is 10.4. The number of nitrogens with zero attached hydrogens (tertiary/aromatic N) is 2. The molecule has 1 aromatic rings. The number of benzene rings is 1. The summed E-state index contributed by atoms with van der Waals surface area (Å²) in [4.78, 5) is 18.3. The number of amides is 1. The summed E-state index contributed by atoms with van der Waals surface area (Å²) in [5.41, 5.74) is 0.763. The van der Waals surface area contributed by atoms with Crippen molar-refractivity contribution in [1.29, 1.82) is 0 Å². The number of hydrogen-bond donors (Lipinski definition) is 0. The molecule has 1 aromatic carbocycles. The van der Waals surface area contributed by atoms with Gasteiger partial charge in [-0.25, -0.2) is 0 Å². The summed E-state index contributed by atoms with van der Waals surface area (Å²) in [6.07, 6.45) is 1.76. The number of aliphatic imine (C=N–C) groups is 1. The minimum absolute atomic E-state index is 0.0912. The van der Waals surface area contributed by atoms with Gasteiger partial charge in [-0.05, 0) is 35.5 Å². The first kappa shape index (κ1) is 15.7. The Kier molecular flexibility index (Phi) is 4.80. The number of hydrogen-bond acceptors (Lipinski definition) is 5. The summed E-state index contributed by atoms with van der Waals surface area (Å²) in [5.74, 6) is 0.899. The van der Waals surface area contributed by atoms with Crippen LogP contribution in [0.5, 0.6) is 11.5 Å². The monoisotopic (exact) mass is 326 g/mol. The molecule has 21 heavy (non-hydrogen) atoms. The zero-order chi connectivity index (χ0) is 15.6. The first-order valence-electron chi connectivity index (χ1n) is 6.07. The summed E-state index contributed by atoms with van der Waals surface area (Å²) >= 11 is 7.48. The van der Waals surface area contributed by atoms with Crippen LogP contribution in [-0.2, 0) is 4.79 Å². The van der Waals surface area contributed by atoms with E-state index in [2.05, 4.69) is 4.99 Å². The smallest absolute Gasteiger partial charge is 0.266 e. The Morgan fingerprint density at radius 2 is 2.05 bits per heavy atom. The normalized spacial score (nSPS) is 18.7. The van der Waals surface area contributed by atoms with E-state index in [1.165, 1.54) is 30.9 Å². The second-order valence-corrected chi connectivity index (χ2v) is 5.64. The van der Waals surface area contributed by atoms with Crippen LogP contribution in [0.4, 0.5) is 0 Å². The molecule has 5 nitrogen and oxygen atoms in total. The molecule has 0 bridgehead atoms. The van der Waals surface area contributed by atoms with E-state index in [1.807, 2.05) is 0 Å². The molecule has 1 aliphatic heterocycles. The molecule has 0 N–H and O–H groups in total. The van der Waals surface area contributed by atoms with Crippen molar-refractivity contribution in [2.75, 3.05) is 28.3 Å². The fourth-order valence-corrected chi connectivity index (χ4v) is 3.15. The number of carbonyl (C=O) groups is 1. The van der Waals surface area contributed by atoms with Gasteiger partial charge in [0, 0.05) is 14.1 Å². The first-order chi connectivity index (χ1) is 10.0. The summed E-state index contributed by atoms with van der Waals surface area (Å²) in [6.45, 7) is 0. The third kappa shape index (κ3) is 3.01. The molecule has 0 radical (unpaired) electrons. The van der Waals surface area contributed by atoms with E-state index < -0.39 is 0 Å². The summed E-state index contributed by atoms with van der Waals surface area (Å²) in [6, 6.07) is 3.50. The van der Waals surface area contributed by atoms with Gasteiger partial charge in [0.1, 0.15) is 0 Å². The number of likely N-dealkylation sites (N-methyl/N-ethyl adjacent to an activating group) is 1. The molecule has 0 spiro atoms. The Morgan fingerprint density at radius 3 is 2.57 bits per heavy atom. The van der Waals surface area contributed by atoms with Crippen LogP contribution in [0.25, 0.3) is 6.08 Å². The lowest BCUT2D eigenvalue weighted by molar-refractivity contribution is -0.121. The largest absolute Gasteiger partial charge is 0.493 e. The molecule has 1 heterocycles. The second kappa shape index (κ2) is 6.41. The molecular formula is C14H15ClN2O3S. The molecule has 0 aromatic heterocycles. The second-order valence-electron chi connectivity index (χ2n) is 4.22. The maximum Gasteiger partial charge on any atom is 0.266 e. The quantitative estimate of drug-likeness (QED) is 0.801. The number of halogens is 1. The number of ether oxygens (including phenoxy) is 2. The van der Waals surface area contributed by atoms with Gasteiger partial charge in [0.2, 0.25) is 0 Å². The summed E-state index contributed by atoms with van der Waals surface area (Å²) in [7, 11) is 6.41. The van der Waals surface area contributed by atoms with Crippen LogP contribution >= 0.6 is 23.4 Å². The van der Waals surface area contributed by atoms with E-state index in [-0.39, 0.29) is 5.91 Å². The molecule has 0 unspecified atom stereocenters. The topological polar surface area (TPSA) is 51.1 Å². The minimum Gasteiger partial charge on any atom is -0.493 e. The lowest BCUT2D eigenvalue weighted by Gasteiger charge is -2.10. The molecule has 7 heteroatoms. The van der Waals surface area contributed by atoms with Gasteiger partial charge in [0.15, 0.2) is 16.7 Å². The van der Waals surface area contributed by atoms with Gasteiger partial charge < -0.3 is 9.47 Å². The Bertz CT molecular complexity index is 643. The Balaban J connectivity index is 2.42. The highest BCUT2D eigenvalue weighted by Crippen LogP contribution is 2.38. The van der Waals surface area contributed by atoms with Crippen LogP contribution in [0.15, 0.2) is 22.0 Å². The molecule has 112 valence electrons. The molecule has 1 amide bonds. The maximum absolute atomic E-state index is 12.1. The van der Waals surface area contributed by atoms with Crippen LogP contribution in [0.1, 0.15) is 5.56 Å². The van der Waals surface area contributed by atoms with Crippen molar-refractivity contribution in [2.45, 2.75) is 0 Å². The number of methoxy groups -OCH3 is 2. The van der Waals surface area contributed by atoms with Crippen molar-refractivity contribution in [2.24, 2.45) is 4.99 Å². The van der Waals surface area contributed by atoms with Crippen LogP contribution in [-0.4, -0.2) is 44.3 Å². The molecule has 0 atom stereocenters. The number of amidine groups is 1. The molecule has 1 fully saturated rings. The SMILES string of the molecule is CN=C1S/C(=C/c2cc(Cl)c(OC)c(OC)c2)C(=O)N1C. The zero-order valence-corrected chi connectivity index (χ0v) is 13.7. The Labute approximate surface area is 132 Å². The van der Waals surface area contributed by atoms with Gasteiger partial charge in [-0.15, -0.1) is 0 Å². The maximum atomic E-state index is 12.1. The van der Waals surface area contributed by atoms with E-state index in [0.29, 0.717) is 26.6 Å². The van der Waals surface area contributed by atoms with Crippen molar-refractivity contribution in [3.05, 3.63) is 27.6 Å². The van der Waals surface area contributed by atoms with Gasteiger partial charge in [-0.2, -0.15) is 0 Å². The molecule has 1 saturated heterocycles. The molecule has 2 rings (SSSR count). The summed E-state index contributed by atoms with van der Waals surface area (Å²) in [5, 5.41) is 1.09. The third-order valence-electron chi connectivity index (χ3n) is 2.95. The van der Waals surface area contributed by atoms with Gasteiger partial charge in [0.25, 0.3) is 5.91 Å². The zero-order valence-electron chi connectivity index (χ0n) is 12.1. The van der Waals surface area contributed by atoms with E-state index in [0.717, 1.165) is 5.56 Å². The average Bonchev–Trinajstić information content (AvgIpc) is 2.74. The van der Waals surface area contributed by atoms with Crippen LogP contribution in [0.3, 0.4) is 0 Å². The predicted octanol–water partition coefficient (Wildman–Crippen LogP) is 2.89. The highest BCUT2D eigenvalue weighted by atomic mass is 35.5. The van der Waals surface area contributed by atoms with E-state index >= 15 is 0 Å². The van der Waals surface area contributed by atoms with Crippen LogP contribution < -0.4 is 9.47 Å². The van der Waals surface area contributed by atoms with Crippen molar-refractivity contribution in [1.82, 2.24) is 4.90 Å². The average molecular weight is 327 g/mol. The molecule has 0 saturated carbocycles. The standard InChI is InChI=1S/C14H15ClN2O3S/c1-16-14-17(2)13(18)11(21-14)7-8-5-9(15)12(20-4)10(6-8)19-3/h5-7H,1-4H3/b11-7+,16-14?. The van der Waals surface area contributed by atoms with E-state index in [1.54, 1.807) is 32.3 Å². The van der Waals surface area contributed by atoms with E-state index in [9.17, 15) is 4.79 Å². The van der Waals surface area contributed by atoms with E-state index in [4.69, 9.17) is 21.1 Å².